The second-order valence-electron chi connectivity index (χ2n) is 12.5. The molecule has 0 spiro atoms. The third kappa shape index (κ3) is 8.58. The van der Waals surface area contributed by atoms with Gasteiger partial charge in [-0.1, -0.05) is 65.0 Å². The van der Waals surface area contributed by atoms with Crippen LogP contribution in [0.25, 0.3) is 10.8 Å². The van der Waals surface area contributed by atoms with Gasteiger partial charge in [-0.05, 0) is 41.2 Å². The number of aldehydes is 1. The van der Waals surface area contributed by atoms with E-state index in [2.05, 4.69) is 25.9 Å². The molecule has 3 aromatic rings. The Hall–Kier alpha value is -5.20. The minimum Gasteiger partial charge on any atom is -0.457 e. The molecule has 4 amide bonds. The van der Waals surface area contributed by atoms with Crippen LogP contribution in [0.5, 0.6) is 0 Å². The van der Waals surface area contributed by atoms with E-state index in [9.17, 15) is 28.8 Å². The van der Waals surface area contributed by atoms with Crippen LogP contribution in [-0.4, -0.2) is 87.6 Å². The zero-order valence-electron chi connectivity index (χ0n) is 27.7. The predicted molar refractivity (Wildman–Crippen MR) is 176 cm³/mol. The zero-order valence-corrected chi connectivity index (χ0v) is 27.7. The number of fused-ring (bicyclic) bond motifs is 1. The first kappa shape index (κ1) is 35.7. The molecule has 0 saturated carbocycles. The number of ether oxygens (including phenoxy) is 1. The topological polar surface area (TPSA) is 177 Å². The third-order valence-electron chi connectivity index (χ3n) is 8.30. The highest BCUT2D eigenvalue weighted by Crippen LogP contribution is 2.25. The molecule has 1 aliphatic rings. The van der Waals surface area contributed by atoms with Crippen LogP contribution in [0, 0.1) is 11.8 Å². The molecule has 13 heteroatoms. The monoisotopic (exact) mass is 658 g/mol. The van der Waals surface area contributed by atoms with Gasteiger partial charge in [0.15, 0.2) is 0 Å². The highest BCUT2D eigenvalue weighted by atomic mass is 16.5. The fourth-order valence-electron chi connectivity index (χ4n) is 5.52. The second-order valence-corrected chi connectivity index (χ2v) is 12.5. The first-order valence-corrected chi connectivity index (χ1v) is 16.1. The summed E-state index contributed by atoms with van der Waals surface area (Å²) in [4.78, 5) is 87.9. The molecule has 0 aliphatic carbocycles. The molecule has 3 N–H and O–H groups in total. The quantitative estimate of drug-likeness (QED) is 0.184. The van der Waals surface area contributed by atoms with Crippen LogP contribution in [0.3, 0.4) is 0 Å². The molecule has 4 rings (SSSR count). The normalized spacial score (nSPS) is 17.8. The van der Waals surface area contributed by atoms with E-state index in [0.717, 1.165) is 10.8 Å². The summed E-state index contributed by atoms with van der Waals surface area (Å²) in [5.41, 5.74) is 0.352. The van der Waals surface area contributed by atoms with Crippen LogP contribution in [0.4, 0.5) is 0 Å². The number of hydrogen-bond donors (Lipinski definition) is 3. The lowest BCUT2D eigenvalue weighted by Crippen LogP contribution is -2.59. The van der Waals surface area contributed by atoms with Gasteiger partial charge in [0.05, 0.1) is 24.3 Å². The van der Waals surface area contributed by atoms with E-state index in [1.807, 2.05) is 30.3 Å². The summed E-state index contributed by atoms with van der Waals surface area (Å²) in [6.45, 7) is 8.62. The Morgan fingerprint density at radius 2 is 1.65 bits per heavy atom. The number of likely N-dealkylation sites (tertiary alicyclic amines) is 1. The van der Waals surface area contributed by atoms with E-state index >= 15 is 0 Å². The van der Waals surface area contributed by atoms with Gasteiger partial charge in [-0.25, -0.2) is 9.78 Å². The van der Waals surface area contributed by atoms with Crippen molar-refractivity contribution in [3.8, 4) is 0 Å². The molecule has 2 aromatic carbocycles. The smallest absolute Gasteiger partial charge is 0.338 e. The number of rotatable bonds is 13. The van der Waals surface area contributed by atoms with Crippen molar-refractivity contribution in [1.29, 1.82) is 0 Å². The fourth-order valence-corrected chi connectivity index (χ4v) is 5.52. The average molecular weight is 659 g/mol. The van der Waals surface area contributed by atoms with Crippen molar-refractivity contribution in [3.63, 3.8) is 0 Å². The Morgan fingerprint density at radius 1 is 0.938 bits per heavy atom. The van der Waals surface area contributed by atoms with Gasteiger partial charge < -0.3 is 30.4 Å². The van der Waals surface area contributed by atoms with Crippen LogP contribution in [0.1, 0.15) is 68.3 Å². The predicted octanol–water partition coefficient (Wildman–Crippen LogP) is 2.45. The summed E-state index contributed by atoms with van der Waals surface area (Å²) in [5.74, 6) is -3.72. The molecule has 2 heterocycles. The van der Waals surface area contributed by atoms with Gasteiger partial charge in [0.2, 0.25) is 17.7 Å². The Kier molecular flexibility index (Phi) is 11.9. The van der Waals surface area contributed by atoms with E-state index in [-0.39, 0.29) is 24.6 Å². The number of benzene rings is 2. The largest absolute Gasteiger partial charge is 0.457 e. The van der Waals surface area contributed by atoms with Crippen molar-refractivity contribution in [2.75, 3.05) is 6.54 Å². The maximum atomic E-state index is 14.2. The minimum absolute atomic E-state index is 0.00621. The van der Waals surface area contributed by atoms with E-state index in [0.29, 0.717) is 18.3 Å². The van der Waals surface area contributed by atoms with E-state index in [1.165, 1.54) is 23.5 Å². The van der Waals surface area contributed by atoms with Crippen molar-refractivity contribution < 1.29 is 33.5 Å². The third-order valence-corrected chi connectivity index (χ3v) is 8.30. The summed E-state index contributed by atoms with van der Waals surface area (Å²) < 4.78 is 5.81. The number of amides is 4. The van der Waals surface area contributed by atoms with Gasteiger partial charge in [0, 0.05) is 18.8 Å². The standard InChI is InChI=1S/C35H42N6O7/c1-6-25(19-42)38-32(44)28-16-26(48-35(47)24-12-11-22-9-7-8-10-23(22)15-24)18-41(28)34(46)30(21(4)5)40-33(45)29(20(2)3)39-31(43)27-17-36-13-14-37-27/h7-15,17,19-21,25-26,28-30H,6,16,18H2,1-5H3,(H,38,44)(H,39,43)(H,40,45)/t25?,26-,28+,29-,30-/m1/s1. The number of hydrogen-bond acceptors (Lipinski definition) is 9. The van der Waals surface area contributed by atoms with Gasteiger partial charge in [0.1, 0.15) is 36.2 Å². The molecule has 1 unspecified atom stereocenters. The van der Waals surface area contributed by atoms with E-state index in [4.69, 9.17) is 4.74 Å². The lowest BCUT2D eigenvalue weighted by molar-refractivity contribution is -0.143. The van der Waals surface area contributed by atoms with Crippen molar-refractivity contribution in [2.45, 2.75) is 77.7 Å². The maximum Gasteiger partial charge on any atom is 0.338 e. The Morgan fingerprint density at radius 3 is 2.27 bits per heavy atom. The Labute approximate surface area is 279 Å². The molecular formula is C35H42N6O7. The highest BCUT2D eigenvalue weighted by Gasteiger charge is 2.45. The minimum atomic E-state index is -1.09. The van der Waals surface area contributed by atoms with Crippen molar-refractivity contribution in [3.05, 3.63) is 72.3 Å². The molecule has 5 atom stereocenters. The van der Waals surface area contributed by atoms with Crippen LogP contribution in [0.2, 0.25) is 0 Å². The second kappa shape index (κ2) is 16.1. The van der Waals surface area contributed by atoms with Crippen LogP contribution in [0.15, 0.2) is 61.1 Å². The van der Waals surface area contributed by atoms with Gasteiger partial charge in [-0.15, -0.1) is 0 Å². The highest BCUT2D eigenvalue weighted by molar-refractivity contribution is 5.98. The molecule has 0 radical (unpaired) electrons. The number of nitrogens with one attached hydrogen (secondary N) is 3. The van der Waals surface area contributed by atoms with E-state index < -0.39 is 65.8 Å². The van der Waals surface area contributed by atoms with Gasteiger partial charge in [-0.3, -0.25) is 24.2 Å². The molecular weight excluding hydrogens is 616 g/mol. The SMILES string of the molecule is CCC(C=O)NC(=O)[C@@H]1C[C@@H](OC(=O)c2ccc3ccccc3c2)CN1C(=O)[C@H](NC(=O)[C@H](NC(=O)c1cnccn1)C(C)C)C(C)C. The zero-order chi connectivity index (χ0) is 35.0. The molecule has 1 fully saturated rings. The number of nitrogens with zero attached hydrogens (tertiary/aromatic N) is 3. The molecule has 1 aromatic heterocycles. The first-order chi connectivity index (χ1) is 22.9. The Bertz CT molecular complexity index is 1650. The molecule has 0 bridgehead atoms. The summed E-state index contributed by atoms with van der Waals surface area (Å²) in [7, 11) is 0. The lowest BCUT2D eigenvalue weighted by atomic mass is 9.98. The molecule has 48 heavy (non-hydrogen) atoms. The Balaban J connectivity index is 1.54. The fraction of sp³-hybridized carbons (Fsp3) is 0.429. The van der Waals surface area contributed by atoms with Gasteiger partial charge in [-0.2, -0.15) is 0 Å². The number of carbonyl (C=O) groups is 6. The summed E-state index contributed by atoms with van der Waals surface area (Å²) >= 11 is 0. The van der Waals surface area contributed by atoms with Gasteiger partial charge in [0.25, 0.3) is 5.91 Å². The van der Waals surface area contributed by atoms with Crippen LogP contribution in [-0.2, 0) is 23.9 Å². The van der Waals surface area contributed by atoms with Crippen LogP contribution >= 0.6 is 0 Å². The van der Waals surface area contributed by atoms with E-state index in [1.54, 1.807) is 46.8 Å². The average Bonchev–Trinajstić information content (AvgIpc) is 3.51. The summed E-state index contributed by atoms with van der Waals surface area (Å²) in [6, 6.07) is 8.81. The van der Waals surface area contributed by atoms with Crippen molar-refractivity contribution in [2.24, 2.45) is 11.8 Å². The lowest BCUT2D eigenvalue weighted by Gasteiger charge is -2.32. The van der Waals surface area contributed by atoms with Gasteiger partial charge >= 0.3 is 5.97 Å². The number of carbonyl (C=O) groups excluding carboxylic acids is 6. The number of aromatic nitrogens is 2. The maximum absolute atomic E-state index is 14.2. The first-order valence-electron chi connectivity index (χ1n) is 16.1. The molecule has 13 nitrogen and oxygen atoms in total. The molecule has 1 aliphatic heterocycles. The van der Waals surface area contributed by atoms with Crippen molar-refractivity contribution in [1.82, 2.24) is 30.8 Å². The summed E-state index contributed by atoms with van der Waals surface area (Å²) in [6.07, 6.45) is 4.18. The molecule has 1 saturated heterocycles. The van der Waals surface area contributed by atoms with Crippen molar-refractivity contribution >= 4 is 46.7 Å². The van der Waals surface area contributed by atoms with Crippen LogP contribution < -0.4 is 16.0 Å². The molecule has 254 valence electrons. The number of esters is 1. The summed E-state index contributed by atoms with van der Waals surface area (Å²) in [5, 5.41) is 9.92.